The van der Waals surface area contributed by atoms with Crippen LogP contribution in [-0.2, 0) is 0 Å². The smallest absolute Gasteiger partial charge is 0.267 e. The van der Waals surface area contributed by atoms with E-state index in [9.17, 15) is 4.79 Å². The molecular formula is C11H12INOS. The molecule has 0 fully saturated rings. The summed E-state index contributed by atoms with van der Waals surface area (Å²) in [4.78, 5) is 11.9. The number of aromatic nitrogens is 1. The van der Waals surface area contributed by atoms with Crippen LogP contribution in [0.4, 0.5) is 0 Å². The van der Waals surface area contributed by atoms with Gasteiger partial charge in [0.15, 0.2) is 0 Å². The summed E-state index contributed by atoms with van der Waals surface area (Å²) in [5.74, 6) is 0. The van der Waals surface area contributed by atoms with Gasteiger partial charge < -0.3 is 0 Å². The van der Waals surface area contributed by atoms with E-state index < -0.39 is 0 Å². The monoisotopic (exact) mass is 333 g/mol. The number of hydrogen-bond acceptors (Lipinski definition) is 2. The van der Waals surface area contributed by atoms with E-state index in [0.29, 0.717) is 0 Å². The number of halogens is 1. The lowest BCUT2D eigenvalue weighted by atomic mass is 9.93. The molecule has 1 aromatic rings. The van der Waals surface area contributed by atoms with Crippen molar-refractivity contribution in [3.05, 3.63) is 32.3 Å². The fraction of sp³-hybridized carbons (Fsp3) is 0.364. The van der Waals surface area contributed by atoms with E-state index in [1.54, 1.807) is 2.17 Å². The third-order valence-corrected chi connectivity index (χ3v) is 4.33. The van der Waals surface area contributed by atoms with Gasteiger partial charge >= 0.3 is 0 Å². The highest BCUT2D eigenvalue weighted by atomic mass is 127. The molecule has 0 amide bonds. The van der Waals surface area contributed by atoms with Gasteiger partial charge in [-0.3, -0.25) is 4.79 Å². The van der Waals surface area contributed by atoms with Crippen LogP contribution in [0.1, 0.15) is 20.8 Å². The van der Waals surface area contributed by atoms with Gasteiger partial charge in [-0.25, -0.2) is 2.17 Å². The Morgan fingerprint density at radius 3 is 2.80 bits per heavy atom. The van der Waals surface area contributed by atoms with E-state index in [1.165, 1.54) is 11.5 Å². The molecule has 2 rings (SSSR count). The van der Waals surface area contributed by atoms with Crippen molar-refractivity contribution in [1.29, 1.82) is 0 Å². The lowest BCUT2D eigenvalue weighted by Crippen LogP contribution is -2.35. The molecule has 0 bridgehead atoms. The van der Waals surface area contributed by atoms with Crippen molar-refractivity contribution in [2.45, 2.75) is 20.8 Å². The van der Waals surface area contributed by atoms with Gasteiger partial charge in [0, 0.05) is 5.41 Å². The number of nitrogens with zero attached hydrogens (tertiary/aromatic N) is 1. The van der Waals surface area contributed by atoms with Crippen molar-refractivity contribution < 1.29 is 0 Å². The molecule has 2 nitrogen and oxygen atoms in total. The molecular weight excluding hydrogens is 321 g/mol. The molecule has 0 N–H and O–H groups in total. The van der Waals surface area contributed by atoms with Crippen LogP contribution in [0.5, 0.6) is 0 Å². The topological polar surface area (TPSA) is 22.0 Å². The molecule has 1 heterocycles. The van der Waals surface area contributed by atoms with Crippen molar-refractivity contribution in [3.63, 3.8) is 0 Å². The molecule has 1 aromatic heterocycles. The first-order chi connectivity index (χ1) is 6.91. The number of hydrogen-bond donors (Lipinski definition) is 0. The second kappa shape index (κ2) is 3.59. The Hall–Kier alpha value is -0.360. The highest BCUT2D eigenvalue weighted by Crippen LogP contribution is 2.21. The zero-order chi connectivity index (χ0) is 11.2. The zero-order valence-electron chi connectivity index (χ0n) is 8.87. The molecule has 4 heteroatoms. The van der Waals surface area contributed by atoms with Crippen LogP contribution in [0, 0.1) is 5.41 Å². The summed E-state index contributed by atoms with van der Waals surface area (Å²) >= 11 is 3.56. The molecule has 0 aliphatic heterocycles. The van der Waals surface area contributed by atoms with E-state index in [-0.39, 0.29) is 11.0 Å². The van der Waals surface area contributed by atoms with Gasteiger partial charge in [-0.05, 0) is 24.0 Å². The molecule has 0 spiro atoms. The van der Waals surface area contributed by atoms with Crippen LogP contribution in [0.2, 0.25) is 0 Å². The SMILES string of the molecule is CC1=c2c(sn(I)c2=O)=CC(C)(C)C=C1. The normalized spacial score (nSPS) is 18.3. The zero-order valence-corrected chi connectivity index (χ0v) is 11.8. The van der Waals surface area contributed by atoms with Gasteiger partial charge in [0.05, 0.1) is 32.6 Å². The van der Waals surface area contributed by atoms with E-state index in [2.05, 4.69) is 26.0 Å². The Morgan fingerprint density at radius 2 is 2.13 bits per heavy atom. The standard InChI is InChI=1S/C11H12INOS/c1-7-4-5-11(2,3)6-8-9(7)10(14)13(12)15-8/h4-6H,1-3H3. The van der Waals surface area contributed by atoms with Crippen LogP contribution >= 0.6 is 34.4 Å². The first-order valence-corrected chi connectivity index (χ1v) is 6.46. The van der Waals surface area contributed by atoms with Crippen LogP contribution < -0.4 is 15.3 Å². The summed E-state index contributed by atoms with van der Waals surface area (Å²) in [6.45, 7) is 6.29. The van der Waals surface area contributed by atoms with Crippen LogP contribution in [0.3, 0.4) is 0 Å². The van der Waals surface area contributed by atoms with Crippen molar-refractivity contribution in [2.24, 2.45) is 5.41 Å². The predicted octanol–water partition coefficient (Wildman–Crippen LogP) is 1.66. The van der Waals surface area contributed by atoms with Crippen LogP contribution in [0.15, 0.2) is 16.9 Å². The minimum atomic E-state index is 0.0213. The second-order valence-electron chi connectivity index (χ2n) is 4.36. The fourth-order valence-electron chi connectivity index (χ4n) is 1.64. The molecule has 0 saturated carbocycles. The first kappa shape index (κ1) is 11.1. The van der Waals surface area contributed by atoms with Crippen LogP contribution in [-0.4, -0.2) is 2.17 Å². The van der Waals surface area contributed by atoms with Gasteiger partial charge in [-0.1, -0.05) is 32.1 Å². The van der Waals surface area contributed by atoms with Crippen molar-refractivity contribution in [2.75, 3.05) is 0 Å². The van der Waals surface area contributed by atoms with Crippen molar-refractivity contribution >= 4 is 46.0 Å². The summed E-state index contributed by atoms with van der Waals surface area (Å²) in [6.07, 6.45) is 6.36. The van der Waals surface area contributed by atoms with Crippen LogP contribution in [0.25, 0.3) is 11.6 Å². The summed E-state index contributed by atoms with van der Waals surface area (Å²) in [5, 5.41) is 0.858. The minimum Gasteiger partial charge on any atom is -0.267 e. The lowest BCUT2D eigenvalue weighted by Gasteiger charge is -2.12. The summed E-state index contributed by atoms with van der Waals surface area (Å²) in [5.41, 5.74) is 1.18. The Kier molecular flexibility index (Phi) is 2.66. The third-order valence-electron chi connectivity index (χ3n) is 2.46. The molecule has 15 heavy (non-hydrogen) atoms. The average molecular weight is 333 g/mol. The highest BCUT2D eigenvalue weighted by Gasteiger charge is 2.15. The summed E-state index contributed by atoms with van der Waals surface area (Å²) in [7, 11) is 0. The summed E-state index contributed by atoms with van der Waals surface area (Å²) < 4.78 is 2.75. The third kappa shape index (κ3) is 1.97. The largest absolute Gasteiger partial charge is 0.277 e. The number of allylic oxidation sites excluding steroid dienone is 2. The van der Waals surface area contributed by atoms with Gasteiger partial charge in [0.25, 0.3) is 5.56 Å². The maximum Gasteiger partial charge on any atom is 0.277 e. The molecule has 0 atom stereocenters. The Bertz CT molecular complexity index is 604. The quantitative estimate of drug-likeness (QED) is 0.662. The van der Waals surface area contributed by atoms with E-state index in [1.807, 2.05) is 35.9 Å². The van der Waals surface area contributed by atoms with E-state index >= 15 is 0 Å². The molecule has 0 unspecified atom stereocenters. The Labute approximate surface area is 106 Å². The molecule has 0 saturated heterocycles. The molecule has 0 aromatic carbocycles. The van der Waals surface area contributed by atoms with Crippen molar-refractivity contribution in [1.82, 2.24) is 2.17 Å². The van der Waals surface area contributed by atoms with Gasteiger partial charge in [-0.2, -0.15) is 0 Å². The fourth-order valence-corrected chi connectivity index (χ4v) is 3.56. The lowest BCUT2D eigenvalue weighted by molar-refractivity contribution is 0.671. The molecule has 1 aliphatic carbocycles. The van der Waals surface area contributed by atoms with E-state index in [0.717, 1.165) is 15.3 Å². The maximum absolute atomic E-state index is 11.9. The summed E-state index contributed by atoms with van der Waals surface area (Å²) in [6, 6.07) is 0. The highest BCUT2D eigenvalue weighted by molar-refractivity contribution is 14.1. The first-order valence-electron chi connectivity index (χ1n) is 4.72. The predicted molar refractivity (Wildman–Crippen MR) is 73.7 cm³/mol. The second-order valence-corrected chi connectivity index (χ2v) is 6.97. The molecule has 1 aliphatic rings. The van der Waals surface area contributed by atoms with Gasteiger partial charge in [0.2, 0.25) is 0 Å². The Balaban J connectivity index is 2.99. The van der Waals surface area contributed by atoms with Gasteiger partial charge in [-0.15, -0.1) is 0 Å². The Morgan fingerprint density at radius 1 is 1.47 bits per heavy atom. The number of fused-ring (bicyclic) bond motifs is 1. The average Bonchev–Trinajstić information content (AvgIpc) is 2.31. The molecule has 0 radical (unpaired) electrons. The van der Waals surface area contributed by atoms with E-state index in [4.69, 9.17) is 0 Å². The maximum atomic E-state index is 11.9. The number of rotatable bonds is 0. The minimum absolute atomic E-state index is 0.0213. The molecule has 80 valence electrons. The van der Waals surface area contributed by atoms with Crippen molar-refractivity contribution in [3.8, 4) is 0 Å². The van der Waals surface area contributed by atoms with Gasteiger partial charge in [0.1, 0.15) is 0 Å².